The maximum atomic E-state index is 13.3. The summed E-state index contributed by atoms with van der Waals surface area (Å²) in [6, 6.07) is 0. The van der Waals surface area contributed by atoms with Gasteiger partial charge in [-0.2, -0.15) is 0 Å². The molecule has 3 N–H and O–H groups in total. The van der Waals surface area contributed by atoms with Crippen molar-refractivity contribution in [2.24, 2.45) is 10.8 Å². The van der Waals surface area contributed by atoms with Crippen molar-refractivity contribution in [3.05, 3.63) is 23.8 Å². The topological polar surface area (TPSA) is 203 Å². The van der Waals surface area contributed by atoms with Gasteiger partial charge in [0, 0.05) is 49.7 Å². The molecule has 4 bridgehead atoms. The molecular weight excluding hydrogens is 732 g/mol. The van der Waals surface area contributed by atoms with E-state index in [4.69, 9.17) is 37.9 Å². The van der Waals surface area contributed by atoms with Crippen LogP contribution >= 0.6 is 0 Å². The lowest BCUT2D eigenvalue weighted by atomic mass is 9.74. The lowest BCUT2D eigenvalue weighted by Gasteiger charge is -2.51. The van der Waals surface area contributed by atoms with E-state index in [1.165, 1.54) is 14.0 Å². The van der Waals surface area contributed by atoms with Gasteiger partial charge in [-0.25, -0.2) is 4.79 Å². The number of hydrogen-bond donors (Lipinski definition) is 3. The molecule has 3 aliphatic rings. The second-order valence-electron chi connectivity index (χ2n) is 16.3. The Bertz CT molecular complexity index is 1340. The third kappa shape index (κ3) is 14.5. The Kier molecular flexibility index (Phi) is 18.9. The third-order valence-electron chi connectivity index (χ3n) is 10.6. The van der Waals surface area contributed by atoms with E-state index in [-0.39, 0.29) is 57.0 Å². The maximum Gasteiger partial charge on any atom is 0.330 e. The molecule has 15 heteroatoms. The number of ether oxygens (including phenoxy) is 8. The van der Waals surface area contributed by atoms with Gasteiger partial charge in [0.05, 0.1) is 57.8 Å². The zero-order valence-corrected chi connectivity index (χ0v) is 34.3. The quantitative estimate of drug-likeness (QED) is 0.0826. The van der Waals surface area contributed by atoms with Crippen LogP contribution in [0.3, 0.4) is 0 Å². The van der Waals surface area contributed by atoms with Crippen LogP contribution in [0.5, 0.6) is 0 Å². The summed E-state index contributed by atoms with van der Waals surface area (Å²) >= 11 is 0. The van der Waals surface area contributed by atoms with Crippen LogP contribution in [0.1, 0.15) is 119 Å². The molecular formula is C41H66O15. The molecule has 2 saturated heterocycles. The number of fused-ring (bicyclic) bond motifs is 4. The summed E-state index contributed by atoms with van der Waals surface area (Å²) < 4.78 is 46.8. The molecule has 0 aromatic rings. The molecule has 3 heterocycles. The molecule has 3 aliphatic heterocycles. The van der Waals surface area contributed by atoms with Gasteiger partial charge in [-0.3, -0.25) is 14.4 Å². The molecule has 0 aliphatic carbocycles. The van der Waals surface area contributed by atoms with Crippen molar-refractivity contribution in [2.45, 2.75) is 167 Å². The van der Waals surface area contributed by atoms with Crippen molar-refractivity contribution >= 4 is 23.9 Å². The monoisotopic (exact) mass is 798 g/mol. The van der Waals surface area contributed by atoms with Gasteiger partial charge < -0.3 is 53.2 Å². The average molecular weight is 799 g/mol. The number of esters is 4. The van der Waals surface area contributed by atoms with E-state index in [2.05, 4.69) is 6.92 Å². The highest BCUT2D eigenvalue weighted by atomic mass is 16.7. The Balaban J connectivity index is 2.04. The molecule has 0 radical (unpaired) electrons. The Morgan fingerprint density at radius 3 is 2.41 bits per heavy atom. The van der Waals surface area contributed by atoms with Crippen molar-refractivity contribution in [1.29, 1.82) is 0 Å². The number of aliphatic hydroxyl groups excluding tert-OH is 2. The smallest absolute Gasteiger partial charge is 0.330 e. The van der Waals surface area contributed by atoms with Crippen molar-refractivity contribution in [3.63, 3.8) is 0 Å². The van der Waals surface area contributed by atoms with Crippen LogP contribution in [-0.2, 0) is 57.1 Å². The van der Waals surface area contributed by atoms with Gasteiger partial charge in [-0.1, -0.05) is 66.4 Å². The van der Waals surface area contributed by atoms with Crippen molar-refractivity contribution < 1.29 is 72.4 Å². The highest BCUT2D eigenvalue weighted by Crippen LogP contribution is 2.47. The molecule has 0 saturated carbocycles. The van der Waals surface area contributed by atoms with Crippen LogP contribution in [0.2, 0.25) is 0 Å². The largest absolute Gasteiger partial charge is 0.466 e. The number of hydrogen-bond acceptors (Lipinski definition) is 15. The van der Waals surface area contributed by atoms with Gasteiger partial charge in [0.2, 0.25) is 5.79 Å². The molecule has 0 amide bonds. The summed E-state index contributed by atoms with van der Waals surface area (Å²) in [6.45, 7) is 10.5. The molecule has 0 aromatic carbocycles. The molecule has 8 atom stereocenters. The fourth-order valence-corrected chi connectivity index (χ4v) is 7.05. The summed E-state index contributed by atoms with van der Waals surface area (Å²) in [5.41, 5.74) is -1.81. The van der Waals surface area contributed by atoms with Crippen molar-refractivity contribution in [3.8, 4) is 0 Å². The average Bonchev–Trinajstić information content (AvgIpc) is 3.13. The Labute approximate surface area is 331 Å². The lowest BCUT2D eigenvalue weighted by molar-refractivity contribution is -0.327. The first-order valence-electron chi connectivity index (χ1n) is 20.0. The summed E-state index contributed by atoms with van der Waals surface area (Å²) in [6.07, 6.45) is 3.11. The fourth-order valence-electron chi connectivity index (χ4n) is 7.05. The summed E-state index contributed by atoms with van der Waals surface area (Å²) in [5.74, 6) is -4.84. The number of unbranched alkanes of at least 4 members (excludes halogenated alkanes) is 4. The first kappa shape index (κ1) is 47.5. The third-order valence-corrected chi connectivity index (χ3v) is 10.6. The molecule has 3 rings (SSSR count). The minimum atomic E-state index is -2.31. The normalized spacial score (nSPS) is 32.1. The van der Waals surface area contributed by atoms with Crippen LogP contribution in [0.15, 0.2) is 23.8 Å². The number of carbonyl (C=O) groups excluding carboxylic acids is 4. The van der Waals surface area contributed by atoms with Gasteiger partial charge in [0.1, 0.15) is 6.10 Å². The predicted molar refractivity (Wildman–Crippen MR) is 202 cm³/mol. The van der Waals surface area contributed by atoms with Gasteiger partial charge in [0.25, 0.3) is 0 Å². The number of carbonyl (C=O) groups is 4. The van der Waals surface area contributed by atoms with Gasteiger partial charge in [0.15, 0.2) is 12.4 Å². The van der Waals surface area contributed by atoms with Crippen LogP contribution in [0, 0.1) is 10.8 Å². The predicted octanol–water partition coefficient (Wildman–Crippen LogP) is 4.36. The van der Waals surface area contributed by atoms with Crippen molar-refractivity contribution in [1.82, 2.24) is 0 Å². The molecule has 0 aromatic heterocycles. The number of methoxy groups -OCH3 is 1. The van der Waals surface area contributed by atoms with E-state index in [1.807, 2.05) is 13.8 Å². The van der Waals surface area contributed by atoms with Gasteiger partial charge in [-0.15, -0.1) is 0 Å². The number of aliphatic hydroxyl groups is 3. The molecule has 320 valence electrons. The molecule has 56 heavy (non-hydrogen) atoms. The molecule has 0 spiro atoms. The van der Waals surface area contributed by atoms with Crippen molar-refractivity contribution in [2.75, 3.05) is 33.5 Å². The van der Waals surface area contributed by atoms with E-state index in [0.29, 0.717) is 25.9 Å². The Morgan fingerprint density at radius 2 is 1.73 bits per heavy atom. The number of rotatable bonds is 12. The second-order valence-corrected chi connectivity index (χ2v) is 16.3. The Morgan fingerprint density at radius 1 is 1.02 bits per heavy atom. The van der Waals surface area contributed by atoms with Crippen LogP contribution < -0.4 is 0 Å². The lowest BCUT2D eigenvalue weighted by Crippen LogP contribution is -2.62. The van der Waals surface area contributed by atoms with E-state index < -0.39 is 83.9 Å². The van der Waals surface area contributed by atoms with E-state index in [9.17, 15) is 34.5 Å². The first-order valence-corrected chi connectivity index (χ1v) is 20.0. The van der Waals surface area contributed by atoms with Crippen LogP contribution in [0.4, 0.5) is 0 Å². The number of cyclic esters (lactones) is 1. The molecule has 2 fully saturated rings. The zero-order chi connectivity index (χ0) is 41.5. The van der Waals surface area contributed by atoms with E-state index in [1.54, 1.807) is 26.0 Å². The minimum Gasteiger partial charge on any atom is -0.466 e. The Hall–Kier alpha value is -2.92. The SMILES string of the molecule is CCCCCCCC(=O)O[C@H]1/C(=C/C(=O)OC)C[C@H]2C[C@H](CO)OC(=O)C[C@H](O)CCO[C@H](C(C)(C)COC(C)=O)C[C@@H]3CCO[C@H](/C=C/C(C)(C)[C@]1(O)O2)O3. The molecule has 0 unspecified atom stereocenters. The van der Waals surface area contributed by atoms with Gasteiger partial charge in [-0.05, 0) is 37.3 Å². The van der Waals surface area contributed by atoms with Crippen LogP contribution in [0.25, 0.3) is 0 Å². The minimum absolute atomic E-state index is 0.0365. The summed E-state index contributed by atoms with van der Waals surface area (Å²) in [4.78, 5) is 50.7. The second kappa shape index (κ2) is 22.3. The van der Waals surface area contributed by atoms with Gasteiger partial charge >= 0.3 is 23.9 Å². The first-order chi connectivity index (χ1) is 26.4. The fraction of sp³-hybridized carbons (Fsp3) is 0.805. The molecule has 15 nitrogen and oxygen atoms in total. The maximum absolute atomic E-state index is 13.3. The highest BCUT2D eigenvalue weighted by molar-refractivity contribution is 5.83. The highest BCUT2D eigenvalue weighted by Gasteiger charge is 2.57. The standard InChI is InChI=1S/C41H66O15/c1-8-9-10-11-12-13-34(45)55-38-28(21-35(46)49-7)20-31-23-32(25-42)53-36(47)22-29(44)15-18-50-33(39(3,4)26-52-27(2)43)24-30-16-19-51-37(54-30)14-17-40(5,6)41(38,48)56-31/h14,17,21,29-33,37-38,42,44,48H,8-13,15-16,18-20,22-26H2,1-7H3/b17-14+,28-21+/t29-,30+,31+,32-,33+,37+,38+,41-/m1/s1. The van der Waals surface area contributed by atoms with E-state index in [0.717, 1.165) is 31.8 Å². The summed E-state index contributed by atoms with van der Waals surface area (Å²) in [5, 5.41) is 33.7. The zero-order valence-electron chi connectivity index (χ0n) is 34.3. The van der Waals surface area contributed by atoms with Crippen LogP contribution in [-0.4, -0.2) is 121 Å². The van der Waals surface area contributed by atoms with E-state index >= 15 is 0 Å². The summed E-state index contributed by atoms with van der Waals surface area (Å²) in [7, 11) is 1.20.